The van der Waals surface area contributed by atoms with E-state index in [-0.39, 0.29) is 17.4 Å². The van der Waals surface area contributed by atoms with E-state index in [9.17, 15) is 8.78 Å². The Bertz CT molecular complexity index is 1420. The number of alkyl halides is 2. The molecule has 1 saturated carbocycles. The Labute approximate surface area is 208 Å². The topological polar surface area (TPSA) is 70.7 Å². The molecular weight excluding hydrogens is 462 g/mol. The van der Waals surface area contributed by atoms with E-state index in [2.05, 4.69) is 4.98 Å². The summed E-state index contributed by atoms with van der Waals surface area (Å²) in [5.74, 6) is -0.920. The van der Waals surface area contributed by atoms with Crippen LogP contribution in [-0.2, 0) is 11.3 Å². The summed E-state index contributed by atoms with van der Waals surface area (Å²) in [6, 6.07) is 11.0. The maximum atomic E-state index is 14.2. The summed E-state index contributed by atoms with van der Waals surface area (Å²) in [4.78, 5) is 14.0. The van der Waals surface area contributed by atoms with Gasteiger partial charge in [0.2, 0.25) is 5.88 Å². The lowest BCUT2D eigenvalue weighted by Crippen LogP contribution is -2.43. The highest BCUT2D eigenvalue weighted by Gasteiger charge is 2.49. The maximum Gasteiger partial charge on any atom is 0.273 e. The van der Waals surface area contributed by atoms with Crippen LogP contribution in [0.15, 0.2) is 48.9 Å². The van der Waals surface area contributed by atoms with Gasteiger partial charge >= 0.3 is 0 Å². The van der Waals surface area contributed by atoms with E-state index in [1.165, 1.54) is 6.92 Å². The molecule has 0 saturated heterocycles. The number of aryl methyl sites for hydroxylation is 1. The standard InChI is InChI=1S/C27H28F2N6O/c1-4-27(28,29)19-7-5-18(6-8-19)26-13-11-20(12-14-26)35-25(26)32-23(33-35)21-9-10-22(24(31-21)36-3)34-15-17(2)30-16-34/h5-10,15-16,20H,4,11-14H2,1-3H3. The van der Waals surface area contributed by atoms with Crippen LogP contribution >= 0.6 is 0 Å². The molecule has 1 aliphatic carbocycles. The van der Waals surface area contributed by atoms with Gasteiger partial charge in [0.25, 0.3) is 5.92 Å². The van der Waals surface area contributed by atoms with E-state index < -0.39 is 5.92 Å². The van der Waals surface area contributed by atoms with Crippen molar-refractivity contribution in [3.05, 3.63) is 71.6 Å². The zero-order valence-electron chi connectivity index (χ0n) is 20.6. The van der Waals surface area contributed by atoms with Gasteiger partial charge in [-0.1, -0.05) is 31.2 Å². The zero-order valence-corrected chi connectivity index (χ0v) is 20.6. The molecule has 2 bridgehead atoms. The van der Waals surface area contributed by atoms with Crippen molar-refractivity contribution < 1.29 is 13.5 Å². The van der Waals surface area contributed by atoms with Crippen LogP contribution in [0.25, 0.3) is 17.2 Å². The number of ether oxygens (including phenoxy) is 1. The third-order valence-electron chi connectivity index (χ3n) is 7.77. The summed E-state index contributed by atoms with van der Waals surface area (Å²) in [5, 5.41) is 4.87. The second-order valence-electron chi connectivity index (χ2n) is 9.80. The first-order valence-electron chi connectivity index (χ1n) is 12.4. The fourth-order valence-electron chi connectivity index (χ4n) is 5.69. The zero-order chi connectivity index (χ0) is 25.1. The van der Waals surface area contributed by atoms with Gasteiger partial charge in [0.1, 0.15) is 17.2 Å². The van der Waals surface area contributed by atoms with Crippen LogP contribution in [0, 0.1) is 6.92 Å². The van der Waals surface area contributed by atoms with Crippen LogP contribution in [0.3, 0.4) is 0 Å². The third kappa shape index (κ3) is 3.43. The molecule has 0 atom stereocenters. The highest BCUT2D eigenvalue weighted by Crippen LogP contribution is 2.53. The number of halogens is 2. The molecule has 0 N–H and O–H groups in total. The highest BCUT2D eigenvalue weighted by molar-refractivity contribution is 5.56. The Morgan fingerprint density at radius 2 is 1.83 bits per heavy atom. The summed E-state index contributed by atoms with van der Waals surface area (Å²) in [6.45, 7) is 3.43. The Kier molecular flexibility index (Phi) is 5.21. The fourth-order valence-corrected chi connectivity index (χ4v) is 5.69. The Hall–Kier alpha value is -3.62. The smallest absolute Gasteiger partial charge is 0.273 e. The lowest BCUT2D eigenvalue weighted by molar-refractivity contribution is -0.00833. The van der Waals surface area contributed by atoms with E-state index in [0.717, 1.165) is 48.5 Å². The van der Waals surface area contributed by atoms with Crippen LogP contribution in [0.2, 0.25) is 0 Å². The van der Waals surface area contributed by atoms with E-state index in [1.54, 1.807) is 25.6 Å². The largest absolute Gasteiger partial charge is 0.479 e. The summed E-state index contributed by atoms with van der Waals surface area (Å²) in [7, 11) is 1.59. The van der Waals surface area contributed by atoms with Gasteiger partial charge in [0, 0.05) is 18.2 Å². The molecule has 0 spiro atoms. The van der Waals surface area contributed by atoms with Gasteiger partial charge in [0.05, 0.1) is 30.6 Å². The minimum absolute atomic E-state index is 0.0567. The SMILES string of the molecule is CCC(F)(F)c1ccc(C23CCC(CC2)n2nc(-c4ccc(-n5cnc(C)c5)c(OC)n4)nc23)cc1. The molecule has 36 heavy (non-hydrogen) atoms. The second kappa shape index (κ2) is 8.21. The molecule has 0 radical (unpaired) electrons. The molecule has 4 aromatic rings. The van der Waals surface area contributed by atoms with Crippen LogP contribution in [0.5, 0.6) is 5.88 Å². The average Bonchev–Trinajstić information content (AvgIpc) is 3.57. The first-order valence-corrected chi connectivity index (χ1v) is 12.4. The first kappa shape index (κ1) is 22.8. The van der Waals surface area contributed by atoms with Crippen molar-refractivity contribution in [3.63, 3.8) is 0 Å². The number of hydrogen-bond acceptors (Lipinski definition) is 5. The highest BCUT2D eigenvalue weighted by atomic mass is 19.3. The van der Waals surface area contributed by atoms with Crippen molar-refractivity contribution in [2.75, 3.05) is 7.11 Å². The van der Waals surface area contributed by atoms with Crippen LogP contribution in [-0.4, -0.2) is 36.4 Å². The van der Waals surface area contributed by atoms with Crippen molar-refractivity contribution in [1.82, 2.24) is 29.3 Å². The quantitative estimate of drug-likeness (QED) is 0.344. The normalized spacial score (nSPS) is 21.0. The number of imidazole rings is 1. The number of fused-ring (bicyclic) bond motifs is 2. The number of methoxy groups -OCH3 is 1. The minimum Gasteiger partial charge on any atom is -0.479 e. The van der Waals surface area contributed by atoms with E-state index in [1.807, 2.05) is 46.6 Å². The summed E-state index contributed by atoms with van der Waals surface area (Å²) >= 11 is 0. The number of nitrogens with zero attached hydrogens (tertiary/aromatic N) is 6. The predicted molar refractivity (Wildman–Crippen MR) is 131 cm³/mol. The van der Waals surface area contributed by atoms with Crippen LogP contribution < -0.4 is 4.74 Å². The van der Waals surface area contributed by atoms with Crippen molar-refractivity contribution >= 4 is 0 Å². The number of rotatable bonds is 6. The third-order valence-corrected chi connectivity index (χ3v) is 7.77. The molecule has 0 amide bonds. The van der Waals surface area contributed by atoms with Gasteiger partial charge in [-0.25, -0.2) is 28.4 Å². The number of benzene rings is 1. The molecular formula is C27H28F2N6O. The van der Waals surface area contributed by atoms with E-state index in [4.69, 9.17) is 19.8 Å². The van der Waals surface area contributed by atoms with Gasteiger partial charge in [0.15, 0.2) is 5.82 Å². The summed E-state index contributed by atoms with van der Waals surface area (Å²) in [5.41, 5.74) is 3.05. The van der Waals surface area contributed by atoms with Crippen molar-refractivity contribution in [2.45, 2.75) is 63.3 Å². The molecule has 0 unspecified atom stereocenters. The molecule has 3 aliphatic rings. The fraction of sp³-hybridized carbons (Fsp3) is 0.407. The van der Waals surface area contributed by atoms with E-state index in [0.29, 0.717) is 23.4 Å². The summed E-state index contributed by atoms with van der Waals surface area (Å²) in [6.07, 6.45) is 7.24. The van der Waals surface area contributed by atoms with Crippen LogP contribution in [0.1, 0.15) is 67.7 Å². The van der Waals surface area contributed by atoms with Crippen LogP contribution in [0.4, 0.5) is 8.78 Å². The van der Waals surface area contributed by atoms with Crippen molar-refractivity contribution in [2.24, 2.45) is 0 Å². The van der Waals surface area contributed by atoms with Gasteiger partial charge in [-0.2, -0.15) is 0 Å². The molecule has 186 valence electrons. The molecule has 5 heterocycles. The monoisotopic (exact) mass is 490 g/mol. The molecule has 7 nitrogen and oxygen atoms in total. The van der Waals surface area contributed by atoms with E-state index >= 15 is 0 Å². The lowest BCUT2D eigenvalue weighted by atomic mass is 9.65. The molecule has 7 rings (SSSR count). The number of aromatic nitrogens is 6. The van der Waals surface area contributed by atoms with Gasteiger partial charge in [-0.15, -0.1) is 5.10 Å². The molecule has 3 aromatic heterocycles. The lowest BCUT2D eigenvalue weighted by Gasteiger charge is -2.46. The first-order chi connectivity index (χ1) is 17.3. The van der Waals surface area contributed by atoms with Crippen molar-refractivity contribution in [3.8, 4) is 23.1 Å². The molecule has 1 fully saturated rings. The Morgan fingerprint density at radius 1 is 1.08 bits per heavy atom. The molecule has 9 heteroatoms. The predicted octanol–water partition coefficient (Wildman–Crippen LogP) is 5.76. The number of pyridine rings is 1. The van der Waals surface area contributed by atoms with Crippen molar-refractivity contribution in [1.29, 1.82) is 0 Å². The van der Waals surface area contributed by atoms with Gasteiger partial charge in [-0.05, 0) is 50.3 Å². The van der Waals surface area contributed by atoms with Gasteiger partial charge < -0.3 is 9.30 Å². The molecule has 1 aromatic carbocycles. The summed E-state index contributed by atoms with van der Waals surface area (Å²) < 4.78 is 37.9. The average molecular weight is 491 g/mol. The minimum atomic E-state index is -2.82. The Morgan fingerprint density at radius 3 is 2.47 bits per heavy atom. The van der Waals surface area contributed by atoms with Gasteiger partial charge in [-0.3, -0.25) is 0 Å². The molecule has 2 aliphatic heterocycles. The second-order valence-corrected chi connectivity index (χ2v) is 9.80. The Balaban J connectivity index is 1.40. The number of hydrogen-bond donors (Lipinski definition) is 0. The maximum absolute atomic E-state index is 14.2.